The maximum atomic E-state index is 10.6. The Morgan fingerprint density at radius 2 is 2.27 bits per heavy atom. The van der Waals surface area contributed by atoms with Crippen molar-refractivity contribution >= 4 is 11.9 Å². The highest BCUT2D eigenvalue weighted by Gasteiger charge is 2.15. The van der Waals surface area contributed by atoms with Crippen molar-refractivity contribution in [2.75, 3.05) is 7.11 Å². The van der Waals surface area contributed by atoms with E-state index in [-0.39, 0.29) is 6.42 Å². The van der Waals surface area contributed by atoms with E-state index in [9.17, 15) is 9.59 Å². The van der Waals surface area contributed by atoms with E-state index < -0.39 is 17.9 Å². The van der Waals surface area contributed by atoms with Gasteiger partial charge < -0.3 is 10.8 Å². The van der Waals surface area contributed by atoms with Gasteiger partial charge in [0.2, 0.25) is 5.91 Å². The number of hydrogen-bond acceptors (Lipinski definition) is 4. The first kappa shape index (κ1) is 9.86. The van der Waals surface area contributed by atoms with Gasteiger partial charge in [0.25, 0.3) is 0 Å². The summed E-state index contributed by atoms with van der Waals surface area (Å²) in [6.45, 7) is 0. The van der Waals surface area contributed by atoms with Gasteiger partial charge in [-0.2, -0.15) is 0 Å². The number of carbonyl (C=O) groups excluding carboxylic acids is 1. The third-order valence-corrected chi connectivity index (χ3v) is 0.938. The van der Waals surface area contributed by atoms with E-state index in [1.54, 1.807) is 0 Å². The van der Waals surface area contributed by atoms with Gasteiger partial charge in [-0.1, -0.05) is 0 Å². The molecule has 0 spiro atoms. The Kier molecular flexibility index (Phi) is 4.16. The molecule has 0 bridgehead atoms. The summed E-state index contributed by atoms with van der Waals surface area (Å²) in [4.78, 5) is 24.9. The number of aliphatic carboxylic acids is 1. The molecule has 0 aromatic carbocycles. The number of carboxylic acid groups (broad SMARTS) is 1. The Morgan fingerprint density at radius 1 is 1.73 bits per heavy atom. The van der Waals surface area contributed by atoms with Crippen LogP contribution in [0.1, 0.15) is 6.42 Å². The fraction of sp³-hybridized carbons (Fsp3) is 0.600. The van der Waals surface area contributed by atoms with Gasteiger partial charge >= 0.3 is 5.97 Å². The normalized spacial score (nSPS) is 12.2. The standard InChI is InChI=1S/C5H10N2O4/c1-11-7-4(8)2-3(6)5(9)10/h3H,2,6H2,1H3,(H,7,8)(H,9,10)/t3-/m0/s1. The average molecular weight is 162 g/mol. The number of carboxylic acids is 1. The lowest BCUT2D eigenvalue weighted by Crippen LogP contribution is -2.36. The molecule has 0 radical (unpaired) electrons. The van der Waals surface area contributed by atoms with E-state index in [0.29, 0.717) is 0 Å². The first-order valence-electron chi connectivity index (χ1n) is 2.88. The van der Waals surface area contributed by atoms with Crippen LogP contribution in [-0.4, -0.2) is 30.1 Å². The van der Waals surface area contributed by atoms with E-state index in [1.165, 1.54) is 7.11 Å². The van der Waals surface area contributed by atoms with Crippen LogP contribution < -0.4 is 11.2 Å². The van der Waals surface area contributed by atoms with Gasteiger partial charge in [0.1, 0.15) is 6.04 Å². The summed E-state index contributed by atoms with van der Waals surface area (Å²) in [7, 11) is 1.25. The van der Waals surface area contributed by atoms with Crippen molar-refractivity contribution in [1.29, 1.82) is 0 Å². The van der Waals surface area contributed by atoms with Crippen molar-refractivity contribution in [3.8, 4) is 0 Å². The zero-order valence-corrected chi connectivity index (χ0v) is 6.03. The third-order valence-electron chi connectivity index (χ3n) is 0.938. The molecule has 64 valence electrons. The minimum Gasteiger partial charge on any atom is -0.480 e. The molecule has 0 saturated heterocycles. The molecule has 1 amide bonds. The van der Waals surface area contributed by atoms with Gasteiger partial charge in [-0.15, -0.1) is 0 Å². The quantitative estimate of drug-likeness (QED) is 0.435. The van der Waals surface area contributed by atoms with Crippen LogP contribution in [0.25, 0.3) is 0 Å². The van der Waals surface area contributed by atoms with Crippen molar-refractivity contribution in [1.82, 2.24) is 5.48 Å². The van der Waals surface area contributed by atoms with Crippen LogP contribution in [0.5, 0.6) is 0 Å². The maximum Gasteiger partial charge on any atom is 0.321 e. The van der Waals surface area contributed by atoms with Crippen LogP contribution in [0, 0.1) is 0 Å². The van der Waals surface area contributed by atoms with Crippen molar-refractivity contribution in [2.45, 2.75) is 12.5 Å². The molecule has 4 N–H and O–H groups in total. The molecule has 0 aromatic heterocycles. The van der Waals surface area contributed by atoms with Crippen LogP contribution in [0.2, 0.25) is 0 Å². The molecule has 1 atom stereocenters. The number of hydrogen-bond donors (Lipinski definition) is 3. The second kappa shape index (κ2) is 4.64. The minimum absolute atomic E-state index is 0.289. The number of rotatable bonds is 4. The monoisotopic (exact) mass is 162 g/mol. The summed E-state index contributed by atoms with van der Waals surface area (Å²) >= 11 is 0. The van der Waals surface area contributed by atoms with Gasteiger partial charge in [-0.3, -0.25) is 14.4 Å². The average Bonchev–Trinajstić information content (AvgIpc) is 1.87. The summed E-state index contributed by atoms with van der Waals surface area (Å²) in [6.07, 6.45) is -0.289. The number of hydroxylamine groups is 1. The molecule has 6 heteroatoms. The zero-order chi connectivity index (χ0) is 8.85. The fourth-order valence-electron chi connectivity index (χ4n) is 0.443. The highest BCUT2D eigenvalue weighted by atomic mass is 16.6. The Balaban J connectivity index is 3.66. The third kappa shape index (κ3) is 4.29. The van der Waals surface area contributed by atoms with E-state index in [2.05, 4.69) is 4.84 Å². The van der Waals surface area contributed by atoms with E-state index >= 15 is 0 Å². The number of nitrogens with one attached hydrogen (secondary N) is 1. The van der Waals surface area contributed by atoms with Crippen LogP contribution in [0.4, 0.5) is 0 Å². The summed E-state index contributed by atoms with van der Waals surface area (Å²) in [5.74, 6) is -1.77. The van der Waals surface area contributed by atoms with Crippen molar-refractivity contribution < 1.29 is 19.5 Å². The fourth-order valence-corrected chi connectivity index (χ4v) is 0.443. The topological polar surface area (TPSA) is 102 Å². The second-order valence-electron chi connectivity index (χ2n) is 1.88. The second-order valence-corrected chi connectivity index (χ2v) is 1.88. The predicted molar refractivity (Wildman–Crippen MR) is 35.4 cm³/mol. The van der Waals surface area contributed by atoms with Crippen LogP contribution in [-0.2, 0) is 14.4 Å². The van der Waals surface area contributed by atoms with E-state index in [1.807, 2.05) is 5.48 Å². The number of carbonyl (C=O) groups is 2. The Labute approximate surface area is 63.3 Å². The lowest BCUT2D eigenvalue weighted by molar-refractivity contribution is -0.142. The van der Waals surface area contributed by atoms with E-state index in [0.717, 1.165) is 0 Å². The Bertz CT molecular complexity index is 159. The molecule has 0 aliphatic carbocycles. The molecule has 0 aliphatic rings. The van der Waals surface area contributed by atoms with E-state index in [4.69, 9.17) is 10.8 Å². The maximum absolute atomic E-state index is 10.6. The summed E-state index contributed by atoms with van der Waals surface area (Å²) in [5.41, 5.74) is 6.98. The molecule has 0 saturated carbocycles. The van der Waals surface area contributed by atoms with Gasteiger partial charge in [0.05, 0.1) is 13.5 Å². The lowest BCUT2D eigenvalue weighted by Gasteiger charge is -2.04. The van der Waals surface area contributed by atoms with Crippen molar-refractivity contribution in [3.05, 3.63) is 0 Å². The van der Waals surface area contributed by atoms with Gasteiger partial charge in [0, 0.05) is 0 Å². The molecule has 0 heterocycles. The van der Waals surface area contributed by atoms with Gasteiger partial charge in [0.15, 0.2) is 0 Å². The molecule has 6 nitrogen and oxygen atoms in total. The van der Waals surface area contributed by atoms with Crippen molar-refractivity contribution in [2.24, 2.45) is 5.73 Å². The summed E-state index contributed by atoms with van der Waals surface area (Å²) in [6, 6.07) is -1.18. The lowest BCUT2D eigenvalue weighted by atomic mass is 10.2. The Morgan fingerprint density at radius 3 is 2.64 bits per heavy atom. The smallest absolute Gasteiger partial charge is 0.321 e. The van der Waals surface area contributed by atoms with Gasteiger partial charge in [-0.05, 0) is 0 Å². The minimum atomic E-state index is -1.21. The summed E-state index contributed by atoms with van der Waals surface area (Å²) < 4.78 is 0. The molecular formula is C5H10N2O4. The highest BCUT2D eigenvalue weighted by Crippen LogP contribution is 1.87. The molecule has 0 aliphatic heterocycles. The van der Waals surface area contributed by atoms with Crippen LogP contribution in [0.3, 0.4) is 0 Å². The first-order chi connectivity index (χ1) is 5.07. The molecule has 0 fully saturated rings. The van der Waals surface area contributed by atoms with Gasteiger partial charge in [-0.25, -0.2) is 5.48 Å². The largest absolute Gasteiger partial charge is 0.480 e. The predicted octanol–water partition coefficient (Wildman–Crippen LogP) is -1.53. The molecule has 0 rings (SSSR count). The molecular weight excluding hydrogens is 152 g/mol. The number of amides is 1. The molecule has 0 unspecified atom stereocenters. The number of nitrogens with two attached hydrogens (primary N) is 1. The first-order valence-corrected chi connectivity index (χ1v) is 2.88. The van der Waals surface area contributed by atoms with Crippen LogP contribution in [0.15, 0.2) is 0 Å². The zero-order valence-electron chi connectivity index (χ0n) is 6.03. The Hall–Kier alpha value is -1.14. The summed E-state index contributed by atoms with van der Waals surface area (Å²) in [5, 5.41) is 8.25. The SMILES string of the molecule is CONC(=O)C[C@H](N)C(=O)O. The molecule has 0 aromatic rings. The van der Waals surface area contributed by atoms with Crippen LogP contribution >= 0.6 is 0 Å². The van der Waals surface area contributed by atoms with Crippen molar-refractivity contribution in [3.63, 3.8) is 0 Å². The highest BCUT2D eigenvalue weighted by molar-refractivity contribution is 5.83. The molecule has 11 heavy (non-hydrogen) atoms.